The van der Waals surface area contributed by atoms with Crippen molar-refractivity contribution in [1.29, 1.82) is 0 Å². The van der Waals surface area contributed by atoms with Crippen molar-refractivity contribution in [2.75, 3.05) is 4.90 Å². The molecule has 1 N–H and O–H groups in total. The fourth-order valence-corrected chi connectivity index (χ4v) is 6.50. The first-order valence-electron chi connectivity index (χ1n) is 13.1. The molecule has 0 bridgehead atoms. The van der Waals surface area contributed by atoms with Gasteiger partial charge in [-0.25, -0.2) is 4.98 Å². The number of aryl methyl sites for hydroxylation is 2. The number of benzene rings is 3. The maximum absolute atomic E-state index is 13.6. The van der Waals surface area contributed by atoms with Gasteiger partial charge in [0.25, 0.3) is 5.78 Å². The quantitative estimate of drug-likeness (QED) is 0.177. The number of nitrogens with zero attached hydrogens (tertiary/aromatic N) is 2. The number of carbonyl (C=O) groups is 2. The smallest absolute Gasteiger partial charge is 0.301 e. The summed E-state index contributed by atoms with van der Waals surface area (Å²) in [5.74, 6) is -1.50. The predicted molar refractivity (Wildman–Crippen MR) is 153 cm³/mol. The Balaban J connectivity index is 1.53. The van der Waals surface area contributed by atoms with Crippen LogP contribution in [0.15, 0.2) is 72.3 Å². The van der Waals surface area contributed by atoms with Gasteiger partial charge in [-0.3, -0.25) is 14.5 Å². The lowest BCUT2D eigenvalue weighted by atomic mass is 9.85. The molecule has 4 aromatic rings. The van der Waals surface area contributed by atoms with Gasteiger partial charge in [0.2, 0.25) is 0 Å². The molecule has 0 spiro atoms. The van der Waals surface area contributed by atoms with Crippen molar-refractivity contribution in [3.63, 3.8) is 0 Å². The van der Waals surface area contributed by atoms with Gasteiger partial charge >= 0.3 is 5.91 Å². The number of hydrogen-bond acceptors (Lipinski definition) is 5. The van der Waals surface area contributed by atoms with Gasteiger partial charge in [-0.15, -0.1) is 0 Å². The molecule has 1 aromatic heterocycles. The van der Waals surface area contributed by atoms with Crippen LogP contribution in [0.25, 0.3) is 16.0 Å². The number of para-hydroxylation sites is 1. The Morgan fingerprint density at radius 2 is 1.66 bits per heavy atom. The van der Waals surface area contributed by atoms with E-state index < -0.39 is 17.7 Å². The Morgan fingerprint density at radius 1 is 0.947 bits per heavy atom. The molecule has 0 radical (unpaired) electrons. The number of amides is 1. The van der Waals surface area contributed by atoms with E-state index in [1.807, 2.05) is 66.7 Å². The van der Waals surface area contributed by atoms with Crippen LogP contribution in [0.2, 0.25) is 0 Å². The molecule has 2 aliphatic rings. The normalized spacial score (nSPS) is 19.2. The fraction of sp³-hybridized carbons (Fsp3) is 0.281. The number of thiazole rings is 1. The van der Waals surface area contributed by atoms with Crippen LogP contribution in [-0.2, 0) is 27.8 Å². The van der Waals surface area contributed by atoms with Crippen molar-refractivity contribution in [3.8, 4) is 0 Å². The largest absolute Gasteiger partial charge is 0.507 e. The van der Waals surface area contributed by atoms with Crippen molar-refractivity contribution in [3.05, 3.63) is 100 Å². The maximum Gasteiger partial charge on any atom is 0.301 e. The highest BCUT2D eigenvalue weighted by atomic mass is 32.1. The van der Waals surface area contributed by atoms with Gasteiger partial charge in [0, 0.05) is 5.56 Å². The third-order valence-corrected chi connectivity index (χ3v) is 8.68. The summed E-state index contributed by atoms with van der Waals surface area (Å²) in [6.07, 6.45) is 4.25. The van der Waals surface area contributed by atoms with Gasteiger partial charge in [0.15, 0.2) is 5.13 Å². The van der Waals surface area contributed by atoms with E-state index in [2.05, 4.69) is 20.8 Å². The fourth-order valence-electron chi connectivity index (χ4n) is 5.51. The topological polar surface area (TPSA) is 70.5 Å². The van der Waals surface area contributed by atoms with E-state index in [1.165, 1.54) is 27.4 Å². The van der Waals surface area contributed by atoms with Crippen LogP contribution < -0.4 is 4.90 Å². The zero-order chi connectivity index (χ0) is 26.6. The summed E-state index contributed by atoms with van der Waals surface area (Å²) >= 11 is 1.37. The molecule has 6 rings (SSSR count). The number of carbonyl (C=O) groups excluding carboxylic acids is 2. The third kappa shape index (κ3) is 4.13. The van der Waals surface area contributed by atoms with Gasteiger partial charge in [-0.1, -0.05) is 80.6 Å². The lowest BCUT2D eigenvalue weighted by molar-refractivity contribution is -0.132. The first kappa shape index (κ1) is 24.6. The number of aliphatic hydroxyl groups is 1. The Morgan fingerprint density at radius 3 is 2.37 bits per heavy atom. The molecule has 1 unspecified atom stereocenters. The molecule has 1 aliphatic carbocycles. The van der Waals surface area contributed by atoms with E-state index in [1.54, 1.807) is 0 Å². The first-order chi connectivity index (χ1) is 18.2. The zero-order valence-electron chi connectivity index (χ0n) is 21.8. The predicted octanol–water partition coefficient (Wildman–Crippen LogP) is 7.10. The van der Waals surface area contributed by atoms with E-state index in [-0.39, 0.29) is 16.7 Å². The second-order valence-corrected chi connectivity index (χ2v) is 12.2. The van der Waals surface area contributed by atoms with Crippen molar-refractivity contribution < 1.29 is 14.7 Å². The summed E-state index contributed by atoms with van der Waals surface area (Å²) in [7, 11) is 0. The minimum atomic E-state index is -0.777. The van der Waals surface area contributed by atoms with Crippen LogP contribution in [0, 0.1) is 0 Å². The van der Waals surface area contributed by atoms with E-state index in [0.29, 0.717) is 10.7 Å². The van der Waals surface area contributed by atoms with Crippen LogP contribution in [0.3, 0.4) is 0 Å². The average molecular weight is 523 g/mol. The van der Waals surface area contributed by atoms with Gasteiger partial charge in [0.05, 0.1) is 21.8 Å². The minimum Gasteiger partial charge on any atom is -0.507 e. The lowest BCUT2D eigenvalue weighted by Gasteiger charge is -2.25. The maximum atomic E-state index is 13.6. The molecule has 38 heavy (non-hydrogen) atoms. The second kappa shape index (κ2) is 9.21. The Kier molecular flexibility index (Phi) is 5.95. The van der Waals surface area contributed by atoms with Crippen LogP contribution in [0.4, 0.5) is 5.13 Å². The summed E-state index contributed by atoms with van der Waals surface area (Å²) in [6, 6.07) is 20.8. The molecular weight excluding hydrogens is 492 g/mol. The number of Topliss-reactive ketones (excluding diaryl/α,β-unsaturated/α-hetero) is 1. The number of ketones is 1. The van der Waals surface area contributed by atoms with Crippen molar-refractivity contribution in [2.45, 2.75) is 57.9 Å². The third-order valence-electron chi connectivity index (χ3n) is 7.65. The molecule has 1 aliphatic heterocycles. The molecular formula is C32H30N2O3S. The number of fused-ring (bicyclic) bond motifs is 2. The first-order valence-corrected chi connectivity index (χ1v) is 13.9. The van der Waals surface area contributed by atoms with Gasteiger partial charge in [-0.2, -0.15) is 0 Å². The highest BCUT2D eigenvalue weighted by Crippen LogP contribution is 2.44. The number of rotatable bonds is 3. The molecule has 1 atom stereocenters. The molecule has 1 fully saturated rings. The molecule has 5 nitrogen and oxygen atoms in total. The summed E-state index contributed by atoms with van der Waals surface area (Å²) in [5.41, 5.74) is 5.80. The number of aliphatic hydroxyl groups excluding tert-OH is 1. The monoisotopic (exact) mass is 522 g/mol. The average Bonchev–Trinajstić information content (AvgIpc) is 3.46. The van der Waals surface area contributed by atoms with E-state index in [9.17, 15) is 14.7 Å². The SMILES string of the molecule is CC(C)(C)c1ccc(C2/C(=C(\O)c3ccc4c(c3)CCCC4)C(=O)C(=O)N2c2nc3ccccc3s2)cc1. The Hall–Kier alpha value is -3.77. The van der Waals surface area contributed by atoms with E-state index >= 15 is 0 Å². The number of aromatic nitrogens is 1. The van der Waals surface area contributed by atoms with Crippen LogP contribution in [-0.4, -0.2) is 21.8 Å². The van der Waals surface area contributed by atoms with E-state index in [0.717, 1.165) is 47.0 Å². The van der Waals surface area contributed by atoms with Gasteiger partial charge < -0.3 is 5.11 Å². The summed E-state index contributed by atoms with van der Waals surface area (Å²) in [6.45, 7) is 6.43. The zero-order valence-corrected chi connectivity index (χ0v) is 22.6. The van der Waals surface area contributed by atoms with Gasteiger partial charge in [-0.05, 0) is 71.6 Å². The molecule has 6 heteroatoms. The number of anilines is 1. The lowest BCUT2D eigenvalue weighted by Crippen LogP contribution is -2.29. The van der Waals surface area contributed by atoms with Crippen LogP contribution in [0.5, 0.6) is 0 Å². The molecule has 1 amide bonds. The molecule has 2 heterocycles. The van der Waals surface area contributed by atoms with Crippen molar-refractivity contribution >= 4 is 44.1 Å². The van der Waals surface area contributed by atoms with Crippen LogP contribution >= 0.6 is 11.3 Å². The summed E-state index contributed by atoms with van der Waals surface area (Å²) in [5, 5.41) is 12.0. The van der Waals surface area contributed by atoms with E-state index in [4.69, 9.17) is 4.98 Å². The Bertz CT molecular complexity index is 1570. The number of hydrogen-bond donors (Lipinski definition) is 1. The second-order valence-electron chi connectivity index (χ2n) is 11.2. The molecule has 3 aromatic carbocycles. The molecule has 0 saturated carbocycles. The highest BCUT2D eigenvalue weighted by molar-refractivity contribution is 7.22. The Labute approximate surface area is 226 Å². The van der Waals surface area contributed by atoms with Gasteiger partial charge in [0.1, 0.15) is 5.76 Å². The standard InChI is InChI=1S/C32H30N2O3S/c1-32(2,3)23-16-14-20(15-17-23)27-26(28(35)22-13-12-19-8-4-5-9-21(19)18-22)29(36)30(37)34(27)31-33-24-10-6-7-11-25(24)38-31/h6-7,10-18,27,35H,4-5,8-9H2,1-3H3/b28-26+. The highest BCUT2D eigenvalue weighted by Gasteiger charge is 2.48. The minimum absolute atomic E-state index is 0.0451. The summed E-state index contributed by atoms with van der Waals surface area (Å²) in [4.78, 5) is 33.3. The molecule has 192 valence electrons. The van der Waals surface area contributed by atoms with Crippen LogP contribution in [0.1, 0.15) is 67.5 Å². The van der Waals surface area contributed by atoms with Crippen molar-refractivity contribution in [1.82, 2.24) is 4.98 Å². The summed E-state index contributed by atoms with van der Waals surface area (Å²) < 4.78 is 0.931. The molecule has 1 saturated heterocycles. The van der Waals surface area contributed by atoms with Crippen molar-refractivity contribution in [2.24, 2.45) is 0 Å².